The smallest absolute Gasteiger partial charge is 0.333 e. The molecular weight excluding hydrogens is 398 g/mol. The topological polar surface area (TPSA) is 64.6 Å². The molecule has 2 aromatic carbocycles. The van der Waals surface area contributed by atoms with Gasteiger partial charge in [-0.15, -0.1) is 0 Å². The average molecular weight is 418 g/mol. The Morgan fingerprint density at radius 3 is 2.31 bits per heavy atom. The third-order valence-electron chi connectivity index (χ3n) is 3.36. The largest absolute Gasteiger partial charge is 0.493 e. The van der Waals surface area contributed by atoms with Gasteiger partial charge in [-0.3, -0.25) is 4.79 Å². The summed E-state index contributed by atoms with van der Waals surface area (Å²) in [5.41, 5.74) is 1.64. The van der Waals surface area contributed by atoms with E-state index in [9.17, 15) is 9.59 Å². The van der Waals surface area contributed by atoms with Gasteiger partial charge < -0.3 is 14.8 Å². The monoisotopic (exact) mass is 417 g/mol. The van der Waals surface area contributed by atoms with Crippen LogP contribution in [0.25, 0.3) is 0 Å². The Morgan fingerprint density at radius 2 is 1.69 bits per heavy atom. The first-order valence-corrected chi connectivity index (χ1v) is 8.87. The summed E-state index contributed by atoms with van der Waals surface area (Å²) in [6.07, 6.45) is 0.574. The number of ether oxygens (including phenoxy) is 2. The minimum absolute atomic E-state index is 0.189. The van der Waals surface area contributed by atoms with Crippen LogP contribution in [0, 0.1) is 0 Å². The van der Waals surface area contributed by atoms with Crippen LogP contribution in [-0.2, 0) is 9.53 Å². The molecule has 5 nitrogen and oxygen atoms in total. The molecule has 0 fully saturated rings. The molecule has 0 radical (unpaired) electrons. The lowest BCUT2D eigenvalue weighted by atomic mass is 10.2. The minimum atomic E-state index is -0.397. The zero-order valence-electron chi connectivity index (χ0n) is 14.5. The molecule has 0 aliphatic rings. The molecule has 0 aliphatic heterocycles. The van der Waals surface area contributed by atoms with Crippen LogP contribution in [0.1, 0.15) is 23.7 Å². The van der Waals surface area contributed by atoms with Crippen molar-refractivity contribution in [3.63, 3.8) is 0 Å². The lowest BCUT2D eigenvalue weighted by Gasteiger charge is -2.08. The van der Waals surface area contributed by atoms with Gasteiger partial charge in [0, 0.05) is 27.7 Å². The number of esters is 1. The molecule has 0 bridgehead atoms. The van der Waals surface area contributed by atoms with E-state index in [1.165, 1.54) is 0 Å². The third kappa shape index (κ3) is 6.37. The van der Waals surface area contributed by atoms with Gasteiger partial charge in [0.25, 0.3) is 5.91 Å². The second-order valence-corrected chi connectivity index (χ2v) is 6.52. The number of carbonyl (C=O) groups is 2. The first-order chi connectivity index (χ1) is 12.5. The Morgan fingerprint density at radius 1 is 1.04 bits per heavy atom. The highest BCUT2D eigenvalue weighted by Gasteiger charge is 2.07. The molecule has 0 atom stereocenters. The number of anilines is 1. The van der Waals surface area contributed by atoms with E-state index in [2.05, 4.69) is 27.8 Å². The Hall–Kier alpha value is -2.60. The van der Waals surface area contributed by atoms with Crippen molar-refractivity contribution in [1.82, 2.24) is 0 Å². The number of hydrogen-bond acceptors (Lipinski definition) is 4. The summed E-state index contributed by atoms with van der Waals surface area (Å²) in [7, 11) is 0. The molecule has 0 heterocycles. The van der Waals surface area contributed by atoms with Crippen LogP contribution in [0.15, 0.2) is 65.2 Å². The van der Waals surface area contributed by atoms with Gasteiger partial charge in [0.15, 0.2) is 0 Å². The molecule has 6 heteroatoms. The highest BCUT2D eigenvalue weighted by atomic mass is 79.9. The molecule has 1 amide bonds. The van der Waals surface area contributed by atoms with E-state index in [1.54, 1.807) is 31.2 Å². The second kappa shape index (κ2) is 9.77. The van der Waals surface area contributed by atoms with Crippen molar-refractivity contribution in [3.8, 4) is 5.75 Å². The van der Waals surface area contributed by atoms with E-state index >= 15 is 0 Å². The number of hydrogen-bond donors (Lipinski definition) is 1. The number of carbonyl (C=O) groups excluding carboxylic acids is 2. The zero-order chi connectivity index (χ0) is 18.9. The van der Waals surface area contributed by atoms with Gasteiger partial charge in [0.05, 0.1) is 13.2 Å². The second-order valence-electron chi connectivity index (χ2n) is 5.60. The minimum Gasteiger partial charge on any atom is -0.493 e. The van der Waals surface area contributed by atoms with Crippen molar-refractivity contribution in [3.05, 3.63) is 70.7 Å². The first kappa shape index (κ1) is 19.7. The Bertz CT molecular complexity index is 769. The molecule has 0 aliphatic carbocycles. The summed E-state index contributed by atoms with van der Waals surface area (Å²) in [5.74, 6) is 0.0631. The highest BCUT2D eigenvalue weighted by molar-refractivity contribution is 9.10. The van der Waals surface area contributed by atoms with Crippen molar-refractivity contribution in [2.75, 3.05) is 18.5 Å². The molecule has 0 saturated heterocycles. The predicted octanol–water partition coefficient (Wildman–Crippen LogP) is 4.59. The number of halogens is 1. The van der Waals surface area contributed by atoms with Gasteiger partial charge in [0.2, 0.25) is 0 Å². The zero-order valence-corrected chi connectivity index (χ0v) is 16.0. The molecule has 1 N–H and O–H groups in total. The standard InChI is InChI=1S/C20H20BrNO4/c1-14(2)20(24)26-13-3-12-25-18-10-4-15(5-11-18)19(23)22-17-8-6-16(21)7-9-17/h4-11H,1,3,12-13H2,2H3,(H,22,23). The number of amides is 1. The summed E-state index contributed by atoms with van der Waals surface area (Å²) in [6.45, 7) is 5.81. The SMILES string of the molecule is C=C(C)C(=O)OCCCOc1ccc(C(=O)Nc2ccc(Br)cc2)cc1. The lowest BCUT2D eigenvalue weighted by Crippen LogP contribution is -2.12. The predicted molar refractivity (Wildman–Crippen MR) is 104 cm³/mol. The van der Waals surface area contributed by atoms with Crippen molar-refractivity contribution in [1.29, 1.82) is 0 Å². The molecular formula is C20H20BrNO4. The molecule has 2 rings (SSSR count). The number of nitrogens with one attached hydrogen (secondary N) is 1. The van der Waals surface area contributed by atoms with E-state index in [-0.39, 0.29) is 12.5 Å². The van der Waals surface area contributed by atoms with Crippen LogP contribution in [0.2, 0.25) is 0 Å². The Kier molecular flexibility index (Phi) is 7.41. The maximum Gasteiger partial charge on any atom is 0.333 e. The first-order valence-electron chi connectivity index (χ1n) is 8.08. The van der Waals surface area contributed by atoms with E-state index < -0.39 is 5.97 Å². The van der Waals surface area contributed by atoms with Gasteiger partial charge in [-0.2, -0.15) is 0 Å². The molecule has 136 valence electrons. The third-order valence-corrected chi connectivity index (χ3v) is 3.89. The molecule has 0 unspecified atom stereocenters. The molecule has 0 spiro atoms. The van der Waals surface area contributed by atoms with E-state index in [0.29, 0.717) is 29.9 Å². The van der Waals surface area contributed by atoms with Crippen LogP contribution in [0.5, 0.6) is 5.75 Å². The normalized spacial score (nSPS) is 10.1. The summed E-state index contributed by atoms with van der Waals surface area (Å²) < 4.78 is 11.5. The van der Waals surface area contributed by atoms with Crippen molar-refractivity contribution in [2.24, 2.45) is 0 Å². The maximum atomic E-state index is 12.2. The summed E-state index contributed by atoms with van der Waals surface area (Å²) in [4.78, 5) is 23.4. The molecule has 2 aromatic rings. The van der Waals surface area contributed by atoms with Crippen LogP contribution in [0.4, 0.5) is 5.69 Å². The molecule has 26 heavy (non-hydrogen) atoms. The maximum absolute atomic E-state index is 12.2. The van der Waals surface area contributed by atoms with Gasteiger partial charge >= 0.3 is 5.97 Å². The van der Waals surface area contributed by atoms with Crippen LogP contribution >= 0.6 is 15.9 Å². The molecule has 0 saturated carbocycles. The molecule has 0 aromatic heterocycles. The summed E-state index contributed by atoms with van der Waals surface area (Å²) in [6, 6.07) is 14.2. The number of benzene rings is 2. The van der Waals surface area contributed by atoms with Gasteiger partial charge in [-0.25, -0.2) is 4.79 Å². The summed E-state index contributed by atoms with van der Waals surface area (Å²) in [5, 5.41) is 2.83. The van der Waals surface area contributed by atoms with Crippen molar-refractivity contribution in [2.45, 2.75) is 13.3 Å². The van der Waals surface area contributed by atoms with Gasteiger partial charge in [-0.05, 0) is 55.5 Å². The lowest BCUT2D eigenvalue weighted by molar-refractivity contribution is -0.139. The van der Waals surface area contributed by atoms with Crippen molar-refractivity contribution >= 4 is 33.5 Å². The Labute approximate surface area is 161 Å². The van der Waals surface area contributed by atoms with Crippen molar-refractivity contribution < 1.29 is 19.1 Å². The fourth-order valence-corrected chi connectivity index (χ4v) is 2.24. The van der Waals surface area contributed by atoms with E-state index in [0.717, 1.165) is 10.2 Å². The average Bonchev–Trinajstić information content (AvgIpc) is 2.63. The fourth-order valence-electron chi connectivity index (χ4n) is 1.98. The van der Waals surface area contributed by atoms with E-state index in [1.807, 2.05) is 24.3 Å². The Balaban J connectivity index is 1.76. The summed E-state index contributed by atoms with van der Waals surface area (Å²) >= 11 is 3.35. The quantitative estimate of drug-likeness (QED) is 0.387. The van der Waals surface area contributed by atoms with Crippen LogP contribution < -0.4 is 10.1 Å². The van der Waals surface area contributed by atoms with Crippen LogP contribution in [-0.4, -0.2) is 25.1 Å². The fraction of sp³-hybridized carbons (Fsp3) is 0.200. The van der Waals surface area contributed by atoms with Gasteiger partial charge in [0.1, 0.15) is 5.75 Å². The van der Waals surface area contributed by atoms with E-state index in [4.69, 9.17) is 9.47 Å². The number of rotatable bonds is 8. The van der Waals surface area contributed by atoms with Gasteiger partial charge in [-0.1, -0.05) is 22.5 Å². The van der Waals surface area contributed by atoms with Crippen LogP contribution in [0.3, 0.4) is 0 Å². The highest BCUT2D eigenvalue weighted by Crippen LogP contribution is 2.17.